The van der Waals surface area contributed by atoms with Crippen molar-refractivity contribution < 1.29 is 9.53 Å². The molecule has 2 rings (SSSR count). The highest BCUT2D eigenvalue weighted by Crippen LogP contribution is 2.24. The summed E-state index contributed by atoms with van der Waals surface area (Å²) < 4.78 is 5.72. The van der Waals surface area contributed by atoms with Gasteiger partial charge >= 0.3 is 0 Å². The van der Waals surface area contributed by atoms with Gasteiger partial charge in [0.2, 0.25) is 0 Å². The number of nitrogen functional groups attached to an aromatic ring is 1. The van der Waals surface area contributed by atoms with E-state index in [9.17, 15) is 4.79 Å². The first-order chi connectivity index (χ1) is 9.47. The second kappa shape index (κ2) is 5.61. The van der Waals surface area contributed by atoms with Crippen molar-refractivity contribution in [2.45, 2.75) is 6.92 Å². The lowest BCUT2D eigenvalue weighted by atomic mass is 10.2. The lowest BCUT2D eigenvalue weighted by Gasteiger charge is -2.11. The van der Waals surface area contributed by atoms with Gasteiger partial charge in [0.25, 0.3) is 5.91 Å². The lowest BCUT2D eigenvalue weighted by Crippen LogP contribution is -2.22. The molecule has 1 aromatic carbocycles. The fourth-order valence-corrected chi connectivity index (χ4v) is 1.67. The molecule has 104 valence electrons. The molecule has 0 unspecified atom stereocenters. The molecule has 0 bridgehead atoms. The van der Waals surface area contributed by atoms with Crippen molar-refractivity contribution >= 4 is 11.6 Å². The fraction of sp³-hybridized carbons (Fsp3) is 0.200. The summed E-state index contributed by atoms with van der Waals surface area (Å²) in [5.74, 6) is 1.07. The molecule has 0 aliphatic heterocycles. The molecule has 2 aromatic rings. The van der Waals surface area contributed by atoms with Gasteiger partial charge in [-0.1, -0.05) is 0 Å². The number of aryl methyl sites for hydroxylation is 1. The third kappa shape index (κ3) is 3.06. The van der Waals surface area contributed by atoms with E-state index in [2.05, 4.69) is 4.98 Å². The second-order valence-corrected chi connectivity index (χ2v) is 4.70. The molecule has 0 spiro atoms. The Balaban J connectivity index is 2.23. The van der Waals surface area contributed by atoms with Crippen LogP contribution in [0.25, 0.3) is 0 Å². The van der Waals surface area contributed by atoms with Crippen LogP contribution in [-0.2, 0) is 0 Å². The molecule has 0 aliphatic rings. The monoisotopic (exact) mass is 271 g/mol. The zero-order chi connectivity index (χ0) is 14.7. The first-order valence-electron chi connectivity index (χ1n) is 6.19. The Morgan fingerprint density at radius 2 is 1.90 bits per heavy atom. The summed E-state index contributed by atoms with van der Waals surface area (Å²) in [6.45, 7) is 1.91. The maximum atomic E-state index is 11.8. The molecule has 5 nitrogen and oxygen atoms in total. The molecule has 2 N–H and O–H groups in total. The SMILES string of the molecule is Cc1cc(Oc2ccnc(C(=O)N(C)C)c2)ccc1N. The molecule has 0 saturated heterocycles. The van der Waals surface area contributed by atoms with Gasteiger partial charge < -0.3 is 15.4 Å². The standard InChI is InChI=1S/C15H17N3O2/c1-10-8-11(4-5-13(10)16)20-12-6-7-17-14(9-12)15(19)18(2)3/h4-9H,16H2,1-3H3. The summed E-state index contributed by atoms with van der Waals surface area (Å²) in [5.41, 5.74) is 7.77. The van der Waals surface area contributed by atoms with Gasteiger partial charge in [0.1, 0.15) is 17.2 Å². The molecule has 1 aromatic heterocycles. The maximum absolute atomic E-state index is 11.8. The number of nitrogens with zero attached hydrogens (tertiary/aromatic N) is 2. The summed E-state index contributed by atoms with van der Waals surface area (Å²) in [5, 5.41) is 0. The number of nitrogens with two attached hydrogens (primary N) is 1. The van der Waals surface area contributed by atoms with Gasteiger partial charge in [-0.25, -0.2) is 0 Å². The van der Waals surface area contributed by atoms with E-state index in [1.165, 1.54) is 4.90 Å². The molecule has 0 radical (unpaired) electrons. The summed E-state index contributed by atoms with van der Waals surface area (Å²) >= 11 is 0. The van der Waals surface area contributed by atoms with E-state index in [1.54, 1.807) is 44.6 Å². The van der Waals surface area contributed by atoms with Crippen LogP contribution in [0.2, 0.25) is 0 Å². The summed E-state index contributed by atoms with van der Waals surface area (Å²) in [4.78, 5) is 17.4. The van der Waals surface area contributed by atoms with Gasteiger partial charge in [-0.3, -0.25) is 9.78 Å². The van der Waals surface area contributed by atoms with Crippen LogP contribution in [0.15, 0.2) is 36.5 Å². The van der Waals surface area contributed by atoms with Crippen molar-refractivity contribution in [3.8, 4) is 11.5 Å². The van der Waals surface area contributed by atoms with Gasteiger partial charge in [0.15, 0.2) is 0 Å². The quantitative estimate of drug-likeness (QED) is 0.871. The van der Waals surface area contributed by atoms with Gasteiger partial charge in [0, 0.05) is 32.0 Å². The van der Waals surface area contributed by atoms with Crippen LogP contribution in [0.4, 0.5) is 5.69 Å². The van der Waals surface area contributed by atoms with Crippen LogP contribution in [-0.4, -0.2) is 29.9 Å². The first kappa shape index (κ1) is 13.9. The molecular formula is C15H17N3O2. The molecule has 0 fully saturated rings. The van der Waals surface area contributed by atoms with Gasteiger partial charge in [-0.2, -0.15) is 0 Å². The number of pyridine rings is 1. The van der Waals surface area contributed by atoms with Crippen molar-refractivity contribution in [1.29, 1.82) is 0 Å². The maximum Gasteiger partial charge on any atom is 0.272 e. The highest BCUT2D eigenvalue weighted by molar-refractivity contribution is 5.92. The molecule has 0 aliphatic carbocycles. The highest BCUT2D eigenvalue weighted by atomic mass is 16.5. The minimum Gasteiger partial charge on any atom is -0.457 e. The number of anilines is 1. The predicted molar refractivity (Wildman–Crippen MR) is 77.9 cm³/mol. The van der Waals surface area contributed by atoms with Crippen molar-refractivity contribution in [1.82, 2.24) is 9.88 Å². The summed E-state index contributed by atoms with van der Waals surface area (Å²) in [6.07, 6.45) is 1.55. The van der Waals surface area contributed by atoms with Gasteiger partial charge in [-0.05, 0) is 36.8 Å². The molecule has 5 heteroatoms. The van der Waals surface area contributed by atoms with Gasteiger partial charge in [0.05, 0.1) is 0 Å². The Hall–Kier alpha value is -2.56. The number of carbonyl (C=O) groups excluding carboxylic acids is 1. The van der Waals surface area contributed by atoms with E-state index in [4.69, 9.17) is 10.5 Å². The molecular weight excluding hydrogens is 254 g/mol. The van der Waals surface area contributed by atoms with E-state index < -0.39 is 0 Å². The molecule has 0 saturated carbocycles. The van der Waals surface area contributed by atoms with Crippen LogP contribution in [0.3, 0.4) is 0 Å². The zero-order valence-corrected chi connectivity index (χ0v) is 11.8. The van der Waals surface area contributed by atoms with E-state index in [1.807, 2.05) is 13.0 Å². The normalized spacial score (nSPS) is 10.2. The smallest absolute Gasteiger partial charge is 0.272 e. The number of rotatable bonds is 3. The van der Waals surface area contributed by atoms with Crippen molar-refractivity contribution in [2.24, 2.45) is 0 Å². The Bertz CT molecular complexity index is 639. The zero-order valence-electron chi connectivity index (χ0n) is 11.8. The topological polar surface area (TPSA) is 68.5 Å². The van der Waals surface area contributed by atoms with E-state index in [-0.39, 0.29) is 5.91 Å². The largest absolute Gasteiger partial charge is 0.457 e. The number of carbonyl (C=O) groups is 1. The molecule has 1 amide bonds. The van der Waals surface area contributed by atoms with Gasteiger partial charge in [-0.15, -0.1) is 0 Å². The number of hydrogen-bond donors (Lipinski definition) is 1. The number of benzene rings is 1. The van der Waals surface area contributed by atoms with Crippen molar-refractivity contribution in [3.63, 3.8) is 0 Å². The molecule has 20 heavy (non-hydrogen) atoms. The van der Waals surface area contributed by atoms with E-state index in [0.717, 1.165) is 11.3 Å². The highest BCUT2D eigenvalue weighted by Gasteiger charge is 2.10. The Morgan fingerprint density at radius 1 is 1.20 bits per heavy atom. The summed E-state index contributed by atoms with van der Waals surface area (Å²) in [7, 11) is 3.36. The number of amides is 1. The average Bonchev–Trinajstić information content (AvgIpc) is 2.42. The lowest BCUT2D eigenvalue weighted by molar-refractivity contribution is 0.0821. The van der Waals surface area contributed by atoms with E-state index >= 15 is 0 Å². The van der Waals surface area contributed by atoms with Crippen LogP contribution < -0.4 is 10.5 Å². The molecule has 1 heterocycles. The summed E-state index contributed by atoms with van der Waals surface area (Å²) in [6, 6.07) is 8.75. The minimum absolute atomic E-state index is 0.163. The van der Waals surface area contributed by atoms with Crippen molar-refractivity contribution in [2.75, 3.05) is 19.8 Å². The number of ether oxygens (including phenoxy) is 1. The third-order valence-electron chi connectivity index (χ3n) is 2.83. The van der Waals surface area contributed by atoms with Crippen LogP contribution in [0.1, 0.15) is 16.1 Å². The average molecular weight is 271 g/mol. The number of hydrogen-bond acceptors (Lipinski definition) is 4. The second-order valence-electron chi connectivity index (χ2n) is 4.70. The Labute approximate surface area is 118 Å². The first-order valence-corrected chi connectivity index (χ1v) is 6.19. The minimum atomic E-state index is -0.163. The third-order valence-corrected chi connectivity index (χ3v) is 2.83. The molecule has 0 atom stereocenters. The van der Waals surface area contributed by atoms with Crippen LogP contribution >= 0.6 is 0 Å². The Kier molecular flexibility index (Phi) is 3.89. The fourth-order valence-electron chi connectivity index (χ4n) is 1.67. The predicted octanol–water partition coefficient (Wildman–Crippen LogP) is 2.47. The van der Waals surface area contributed by atoms with E-state index in [0.29, 0.717) is 17.2 Å². The Morgan fingerprint density at radius 3 is 2.55 bits per heavy atom. The van der Waals surface area contributed by atoms with Crippen LogP contribution in [0, 0.1) is 6.92 Å². The van der Waals surface area contributed by atoms with Crippen LogP contribution in [0.5, 0.6) is 11.5 Å². The van der Waals surface area contributed by atoms with Crippen molar-refractivity contribution in [3.05, 3.63) is 47.8 Å². The number of aromatic nitrogens is 1.